The van der Waals surface area contributed by atoms with Crippen LogP contribution in [0.5, 0.6) is 0 Å². The number of imidazole rings is 1. The summed E-state index contributed by atoms with van der Waals surface area (Å²) in [6, 6.07) is 24.1. The van der Waals surface area contributed by atoms with Crippen molar-refractivity contribution in [1.29, 1.82) is 0 Å². The van der Waals surface area contributed by atoms with Gasteiger partial charge in [-0.25, -0.2) is 9.78 Å². The van der Waals surface area contributed by atoms with Gasteiger partial charge in [-0.2, -0.15) is 0 Å². The van der Waals surface area contributed by atoms with Crippen molar-refractivity contribution in [2.24, 2.45) is 5.92 Å². The number of nitrogens with zero attached hydrogens (tertiary/aromatic N) is 3. The molecule has 0 aliphatic heterocycles. The monoisotopic (exact) mass is 407 g/mol. The smallest absolute Gasteiger partial charge is 0.335 e. The maximum Gasteiger partial charge on any atom is 0.335 e. The Balaban J connectivity index is 1.66. The van der Waals surface area contributed by atoms with Crippen LogP contribution < -0.4 is 0 Å². The summed E-state index contributed by atoms with van der Waals surface area (Å²) < 4.78 is 4.38. The van der Waals surface area contributed by atoms with Gasteiger partial charge in [-0.05, 0) is 43.0 Å². The van der Waals surface area contributed by atoms with Crippen molar-refractivity contribution in [2.45, 2.75) is 19.4 Å². The van der Waals surface area contributed by atoms with Crippen molar-refractivity contribution in [3.63, 3.8) is 0 Å². The molecule has 6 rings (SSSR count). The van der Waals surface area contributed by atoms with Crippen molar-refractivity contribution in [1.82, 2.24) is 14.0 Å². The molecule has 3 aromatic heterocycles. The van der Waals surface area contributed by atoms with Crippen LogP contribution in [0, 0.1) is 5.92 Å². The molecule has 1 aliphatic rings. The minimum Gasteiger partial charge on any atom is -0.478 e. The first-order valence-corrected chi connectivity index (χ1v) is 10.6. The fraction of sp³-hybridized carbons (Fsp3) is 0.154. The normalized spacial score (nSPS) is 13.8. The highest BCUT2D eigenvalue weighted by Gasteiger charge is 2.26. The largest absolute Gasteiger partial charge is 0.478 e. The van der Waals surface area contributed by atoms with Gasteiger partial charge in [0.2, 0.25) is 0 Å². The zero-order valence-electron chi connectivity index (χ0n) is 16.9. The van der Waals surface area contributed by atoms with Gasteiger partial charge in [0, 0.05) is 29.2 Å². The average molecular weight is 407 g/mol. The minimum atomic E-state index is -0.948. The summed E-state index contributed by atoms with van der Waals surface area (Å²) in [5, 5.41) is 10.7. The van der Waals surface area contributed by atoms with Crippen LogP contribution in [-0.2, 0) is 6.54 Å². The first-order valence-electron chi connectivity index (χ1n) is 10.6. The van der Waals surface area contributed by atoms with Crippen LogP contribution in [0.4, 0.5) is 0 Å². The van der Waals surface area contributed by atoms with E-state index in [1.807, 2.05) is 28.8 Å². The van der Waals surface area contributed by atoms with Gasteiger partial charge in [0.15, 0.2) is 0 Å². The van der Waals surface area contributed by atoms with E-state index in [9.17, 15) is 9.90 Å². The lowest BCUT2D eigenvalue weighted by Gasteiger charge is -2.11. The van der Waals surface area contributed by atoms with Crippen molar-refractivity contribution >= 4 is 22.5 Å². The maximum absolute atomic E-state index is 11.5. The Morgan fingerprint density at radius 1 is 1.00 bits per heavy atom. The maximum atomic E-state index is 11.5. The minimum absolute atomic E-state index is 0.238. The lowest BCUT2D eigenvalue weighted by atomic mass is 10.1. The average Bonchev–Trinajstić information content (AvgIpc) is 3.43. The van der Waals surface area contributed by atoms with E-state index in [4.69, 9.17) is 4.98 Å². The summed E-state index contributed by atoms with van der Waals surface area (Å²) in [6.07, 6.45) is 4.35. The number of para-hydroxylation sites is 1. The third-order valence-corrected chi connectivity index (χ3v) is 6.11. The summed E-state index contributed by atoms with van der Waals surface area (Å²) in [5.41, 5.74) is 6.08. The molecule has 0 bridgehead atoms. The van der Waals surface area contributed by atoms with E-state index in [-0.39, 0.29) is 5.56 Å². The highest BCUT2D eigenvalue weighted by atomic mass is 16.4. The highest BCUT2D eigenvalue weighted by molar-refractivity contribution is 5.92. The number of carboxylic acids is 1. The molecule has 1 saturated carbocycles. The van der Waals surface area contributed by atoms with Crippen molar-refractivity contribution in [2.75, 3.05) is 0 Å². The summed E-state index contributed by atoms with van der Waals surface area (Å²) in [4.78, 5) is 16.5. The van der Waals surface area contributed by atoms with Crippen LogP contribution >= 0.6 is 0 Å². The number of aromatic nitrogens is 3. The van der Waals surface area contributed by atoms with E-state index < -0.39 is 5.97 Å². The molecule has 0 radical (unpaired) electrons. The number of hydrogen-bond acceptors (Lipinski definition) is 2. The number of carboxylic acid groups (broad SMARTS) is 1. The molecule has 0 atom stereocenters. The third-order valence-electron chi connectivity index (χ3n) is 6.11. The first-order chi connectivity index (χ1) is 15.2. The number of aromatic carboxylic acids is 1. The van der Waals surface area contributed by atoms with Crippen LogP contribution in [0.1, 0.15) is 23.2 Å². The number of rotatable bonds is 5. The predicted octanol–water partition coefficient (Wildman–Crippen LogP) is 5.73. The third kappa shape index (κ3) is 3.01. The Hall–Kier alpha value is -3.86. The number of pyridine rings is 1. The molecule has 2 aromatic carbocycles. The Bertz CT molecular complexity index is 1440. The van der Waals surface area contributed by atoms with Gasteiger partial charge in [0.25, 0.3) is 0 Å². The number of benzene rings is 2. The van der Waals surface area contributed by atoms with Crippen LogP contribution in [0.3, 0.4) is 0 Å². The molecule has 1 fully saturated rings. The quantitative estimate of drug-likeness (QED) is 0.405. The highest BCUT2D eigenvalue weighted by Crippen LogP contribution is 2.39. The Morgan fingerprint density at radius 2 is 1.77 bits per heavy atom. The standard InChI is InChI=1S/C26H21N3O2/c30-26(31)20-12-13-28-23(15-20)27-24(25(28)18-6-2-1-3-7-18)22-14-19-8-4-5-9-21(19)29(22)16-17-10-11-17/h1-9,12-15,17H,10-11,16H2,(H,30,31). The van der Waals surface area contributed by atoms with Gasteiger partial charge in [-0.3, -0.25) is 4.40 Å². The van der Waals surface area contributed by atoms with Crippen molar-refractivity contribution in [3.8, 4) is 22.6 Å². The number of hydrogen-bond donors (Lipinski definition) is 1. The fourth-order valence-corrected chi connectivity index (χ4v) is 4.39. The van der Waals surface area contributed by atoms with Gasteiger partial charge < -0.3 is 9.67 Å². The summed E-state index contributed by atoms with van der Waals surface area (Å²) >= 11 is 0. The van der Waals surface area contributed by atoms with Crippen LogP contribution in [0.2, 0.25) is 0 Å². The zero-order chi connectivity index (χ0) is 20.9. The molecule has 0 amide bonds. The molecule has 3 heterocycles. The molecule has 5 nitrogen and oxygen atoms in total. The molecule has 31 heavy (non-hydrogen) atoms. The van der Waals surface area contributed by atoms with Gasteiger partial charge in [-0.15, -0.1) is 0 Å². The topological polar surface area (TPSA) is 59.5 Å². The van der Waals surface area contributed by atoms with Gasteiger partial charge in [-0.1, -0.05) is 48.5 Å². The second-order valence-electron chi connectivity index (χ2n) is 8.27. The molecule has 1 N–H and O–H groups in total. The molecule has 0 unspecified atom stereocenters. The van der Waals surface area contributed by atoms with Gasteiger partial charge >= 0.3 is 5.97 Å². The lowest BCUT2D eigenvalue weighted by Crippen LogP contribution is -2.02. The zero-order valence-corrected chi connectivity index (χ0v) is 16.9. The Kier molecular flexibility index (Phi) is 3.96. The van der Waals surface area contributed by atoms with Crippen LogP contribution in [-0.4, -0.2) is 25.0 Å². The van der Waals surface area contributed by atoms with E-state index in [0.29, 0.717) is 11.6 Å². The molecule has 5 aromatic rings. The van der Waals surface area contributed by atoms with E-state index in [1.165, 1.54) is 23.7 Å². The van der Waals surface area contributed by atoms with Gasteiger partial charge in [0.1, 0.15) is 11.3 Å². The van der Waals surface area contributed by atoms with Crippen LogP contribution in [0.15, 0.2) is 79.0 Å². The summed E-state index contributed by atoms with van der Waals surface area (Å²) in [6.45, 7) is 0.978. The SMILES string of the molecule is O=C(O)c1ccn2c(-c3ccccc3)c(-c3cc4ccccc4n3CC3CC3)nc2c1. The number of fused-ring (bicyclic) bond motifs is 2. The fourth-order valence-electron chi connectivity index (χ4n) is 4.39. The van der Waals surface area contributed by atoms with E-state index in [0.717, 1.165) is 29.2 Å². The summed E-state index contributed by atoms with van der Waals surface area (Å²) in [7, 11) is 0. The second-order valence-corrected chi connectivity index (χ2v) is 8.27. The van der Waals surface area contributed by atoms with E-state index in [1.54, 1.807) is 12.1 Å². The number of carbonyl (C=O) groups is 1. The Morgan fingerprint density at radius 3 is 2.55 bits per heavy atom. The first kappa shape index (κ1) is 18.0. The van der Waals surface area contributed by atoms with Crippen molar-refractivity contribution in [3.05, 3.63) is 84.6 Å². The Labute approximate surface area is 179 Å². The molecule has 5 heteroatoms. The molecule has 0 spiro atoms. The van der Waals surface area contributed by atoms with E-state index >= 15 is 0 Å². The molecule has 1 aliphatic carbocycles. The molecular formula is C26H21N3O2. The molecule has 152 valence electrons. The van der Waals surface area contributed by atoms with Crippen molar-refractivity contribution < 1.29 is 9.90 Å². The van der Waals surface area contributed by atoms with Crippen LogP contribution in [0.25, 0.3) is 39.2 Å². The lowest BCUT2D eigenvalue weighted by molar-refractivity contribution is 0.0697. The summed E-state index contributed by atoms with van der Waals surface area (Å²) in [5.74, 6) is -0.235. The molecular weight excluding hydrogens is 386 g/mol. The predicted molar refractivity (Wildman–Crippen MR) is 121 cm³/mol. The second kappa shape index (κ2) is 6.84. The van der Waals surface area contributed by atoms with Gasteiger partial charge in [0.05, 0.1) is 17.0 Å². The molecule has 0 saturated heterocycles. The van der Waals surface area contributed by atoms with E-state index in [2.05, 4.69) is 47.0 Å².